The monoisotopic (exact) mass is 115 g/mol. The van der Waals surface area contributed by atoms with Crippen LogP contribution >= 0.6 is 11.8 Å². The first-order chi connectivity index (χ1) is 3.31. The highest BCUT2D eigenvalue weighted by Crippen LogP contribution is 2.02. The molecule has 0 bridgehead atoms. The van der Waals surface area contributed by atoms with E-state index in [9.17, 15) is 0 Å². The van der Waals surface area contributed by atoms with Crippen molar-refractivity contribution in [2.75, 3.05) is 13.3 Å². The van der Waals surface area contributed by atoms with Crippen LogP contribution in [0.1, 0.15) is 0 Å². The van der Waals surface area contributed by atoms with Gasteiger partial charge in [0, 0.05) is 18.2 Å². The van der Waals surface area contributed by atoms with E-state index in [0.29, 0.717) is 0 Å². The van der Waals surface area contributed by atoms with Gasteiger partial charge in [-0.3, -0.25) is 4.99 Å². The van der Waals surface area contributed by atoms with Crippen LogP contribution in [0.15, 0.2) is 16.5 Å². The Hall–Kier alpha value is -0.240. The minimum absolute atomic E-state index is 1.00. The molecule has 0 radical (unpaired) electrons. The average Bonchev–Trinajstić information content (AvgIpc) is 1.68. The van der Waals surface area contributed by atoms with Gasteiger partial charge in [0.25, 0.3) is 0 Å². The van der Waals surface area contributed by atoms with Crippen LogP contribution in [0.5, 0.6) is 0 Å². The van der Waals surface area contributed by atoms with Gasteiger partial charge >= 0.3 is 0 Å². The Balaban J connectivity index is 3.37. The standard InChI is InChI=1S/C5H9NS/c1-5(7-3)4-6-2/h4H,1H2,2-3H3/b6-4-. The Labute approximate surface area is 48.5 Å². The third-order valence-corrected chi connectivity index (χ3v) is 1.17. The predicted octanol–water partition coefficient (Wildman–Crippen LogP) is 1.56. The van der Waals surface area contributed by atoms with Crippen molar-refractivity contribution in [2.24, 2.45) is 4.99 Å². The van der Waals surface area contributed by atoms with Gasteiger partial charge in [-0.2, -0.15) is 0 Å². The topological polar surface area (TPSA) is 12.4 Å². The second-order valence-electron chi connectivity index (χ2n) is 1.06. The molecule has 0 aromatic rings. The van der Waals surface area contributed by atoms with E-state index in [-0.39, 0.29) is 0 Å². The summed E-state index contributed by atoms with van der Waals surface area (Å²) in [5.74, 6) is 0. The van der Waals surface area contributed by atoms with Gasteiger partial charge < -0.3 is 0 Å². The van der Waals surface area contributed by atoms with Gasteiger partial charge in [-0.05, 0) is 6.26 Å². The Morgan fingerprint density at radius 3 is 2.57 bits per heavy atom. The third kappa shape index (κ3) is 3.59. The Morgan fingerprint density at radius 2 is 2.43 bits per heavy atom. The molecule has 0 aromatic carbocycles. The van der Waals surface area contributed by atoms with E-state index < -0.39 is 0 Å². The number of nitrogens with zero attached hydrogens (tertiary/aromatic N) is 1. The molecule has 0 unspecified atom stereocenters. The highest BCUT2D eigenvalue weighted by Gasteiger charge is 1.76. The maximum absolute atomic E-state index is 3.76. The Kier molecular flexibility index (Phi) is 3.80. The van der Waals surface area contributed by atoms with Gasteiger partial charge in [0.2, 0.25) is 0 Å². The summed E-state index contributed by atoms with van der Waals surface area (Å²) in [5.41, 5.74) is 0. The normalized spacial score (nSPS) is 10.0. The molecule has 7 heavy (non-hydrogen) atoms. The minimum atomic E-state index is 1.00. The number of thioether (sulfide) groups is 1. The molecule has 2 heteroatoms. The van der Waals surface area contributed by atoms with Crippen LogP contribution in [0, 0.1) is 0 Å². The van der Waals surface area contributed by atoms with Crippen LogP contribution in [0.2, 0.25) is 0 Å². The lowest BCUT2D eigenvalue weighted by atomic mass is 10.7. The first kappa shape index (κ1) is 6.76. The second kappa shape index (κ2) is 3.93. The van der Waals surface area contributed by atoms with Crippen molar-refractivity contribution in [2.45, 2.75) is 0 Å². The van der Waals surface area contributed by atoms with E-state index in [0.717, 1.165) is 4.91 Å². The summed E-state index contributed by atoms with van der Waals surface area (Å²) in [6, 6.07) is 0. The molecule has 0 heterocycles. The van der Waals surface area contributed by atoms with E-state index in [1.807, 2.05) is 6.26 Å². The van der Waals surface area contributed by atoms with Crippen molar-refractivity contribution in [1.29, 1.82) is 0 Å². The molecule has 0 N–H and O–H groups in total. The lowest BCUT2D eigenvalue weighted by molar-refractivity contribution is 1.47. The molecule has 1 nitrogen and oxygen atoms in total. The molecular weight excluding hydrogens is 106 g/mol. The average molecular weight is 115 g/mol. The highest BCUT2D eigenvalue weighted by molar-refractivity contribution is 8.03. The third-order valence-electron chi connectivity index (χ3n) is 0.535. The fourth-order valence-electron chi connectivity index (χ4n) is 0.197. The maximum atomic E-state index is 3.76. The zero-order valence-electron chi connectivity index (χ0n) is 4.64. The van der Waals surface area contributed by atoms with Gasteiger partial charge in [0.05, 0.1) is 0 Å². The molecule has 0 saturated heterocycles. The zero-order chi connectivity index (χ0) is 5.70. The lowest BCUT2D eigenvalue weighted by Gasteiger charge is -1.84. The van der Waals surface area contributed by atoms with Gasteiger partial charge in [-0.15, -0.1) is 11.8 Å². The van der Waals surface area contributed by atoms with E-state index in [1.165, 1.54) is 0 Å². The molecule has 0 aromatic heterocycles. The minimum Gasteiger partial charge on any atom is -0.295 e. The van der Waals surface area contributed by atoms with Crippen LogP contribution in [0.25, 0.3) is 0 Å². The van der Waals surface area contributed by atoms with Crippen LogP contribution in [0.3, 0.4) is 0 Å². The number of allylic oxidation sites excluding steroid dienone is 1. The molecule has 0 aliphatic rings. The molecule has 40 valence electrons. The lowest BCUT2D eigenvalue weighted by Crippen LogP contribution is -1.70. The largest absolute Gasteiger partial charge is 0.295 e. The molecule has 0 atom stereocenters. The van der Waals surface area contributed by atoms with Crippen LogP contribution < -0.4 is 0 Å². The van der Waals surface area contributed by atoms with Crippen molar-refractivity contribution in [3.8, 4) is 0 Å². The summed E-state index contributed by atoms with van der Waals surface area (Å²) in [7, 11) is 1.74. The summed E-state index contributed by atoms with van der Waals surface area (Å²) >= 11 is 1.61. The van der Waals surface area contributed by atoms with Gasteiger partial charge in [-0.25, -0.2) is 0 Å². The van der Waals surface area contributed by atoms with E-state index in [4.69, 9.17) is 0 Å². The first-order valence-electron chi connectivity index (χ1n) is 1.96. The van der Waals surface area contributed by atoms with E-state index in [2.05, 4.69) is 11.6 Å². The molecule has 0 rings (SSSR count). The molecule has 0 saturated carbocycles. The Morgan fingerprint density at radius 1 is 1.86 bits per heavy atom. The summed E-state index contributed by atoms with van der Waals surface area (Å²) in [6.07, 6.45) is 3.72. The SMILES string of the molecule is C=C(/C=N\C)SC. The summed E-state index contributed by atoms with van der Waals surface area (Å²) < 4.78 is 0. The fraction of sp³-hybridized carbons (Fsp3) is 0.400. The molecule has 0 aliphatic heterocycles. The highest BCUT2D eigenvalue weighted by atomic mass is 32.2. The smallest absolute Gasteiger partial charge is 0.0338 e. The van der Waals surface area contributed by atoms with Crippen molar-refractivity contribution in [3.05, 3.63) is 11.5 Å². The predicted molar refractivity (Wildman–Crippen MR) is 37.1 cm³/mol. The fourth-order valence-corrected chi connectivity index (χ4v) is 0.408. The Bertz CT molecular complexity index is 86.1. The number of rotatable bonds is 2. The summed E-state index contributed by atoms with van der Waals surface area (Å²) in [6.45, 7) is 3.68. The van der Waals surface area contributed by atoms with Crippen molar-refractivity contribution < 1.29 is 0 Å². The summed E-state index contributed by atoms with van der Waals surface area (Å²) in [4.78, 5) is 4.76. The maximum Gasteiger partial charge on any atom is 0.0338 e. The van der Waals surface area contributed by atoms with Gasteiger partial charge in [-0.1, -0.05) is 6.58 Å². The van der Waals surface area contributed by atoms with Crippen molar-refractivity contribution >= 4 is 18.0 Å². The summed E-state index contributed by atoms with van der Waals surface area (Å²) in [5, 5.41) is 0. The molecule has 0 spiro atoms. The first-order valence-corrected chi connectivity index (χ1v) is 3.18. The van der Waals surface area contributed by atoms with E-state index in [1.54, 1.807) is 25.0 Å². The van der Waals surface area contributed by atoms with Gasteiger partial charge in [0.1, 0.15) is 0 Å². The number of hydrogen-bond donors (Lipinski definition) is 0. The molecule has 0 fully saturated rings. The van der Waals surface area contributed by atoms with Crippen molar-refractivity contribution in [3.63, 3.8) is 0 Å². The van der Waals surface area contributed by atoms with Crippen LogP contribution in [-0.2, 0) is 0 Å². The zero-order valence-corrected chi connectivity index (χ0v) is 5.46. The molecule has 0 aliphatic carbocycles. The molecule has 0 amide bonds. The quantitative estimate of drug-likeness (QED) is 0.497. The molecular formula is C5H9NS. The van der Waals surface area contributed by atoms with E-state index >= 15 is 0 Å². The second-order valence-corrected chi connectivity index (χ2v) is 1.99. The van der Waals surface area contributed by atoms with Crippen LogP contribution in [0.4, 0.5) is 0 Å². The van der Waals surface area contributed by atoms with Gasteiger partial charge in [0.15, 0.2) is 0 Å². The van der Waals surface area contributed by atoms with Crippen molar-refractivity contribution in [1.82, 2.24) is 0 Å². The van der Waals surface area contributed by atoms with Crippen LogP contribution in [-0.4, -0.2) is 19.5 Å². The number of aliphatic imine (C=N–C) groups is 1. The number of hydrogen-bond acceptors (Lipinski definition) is 2.